The van der Waals surface area contributed by atoms with Crippen molar-refractivity contribution >= 4 is 29.5 Å². The van der Waals surface area contributed by atoms with E-state index in [1.807, 2.05) is 19.1 Å². The number of carbonyl (C=O) groups is 3. The summed E-state index contributed by atoms with van der Waals surface area (Å²) in [5.41, 5.74) is 1.39. The molecule has 0 bridgehead atoms. The Labute approximate surface area is 241 Å². The van der Waals surface area contributed by atoms with Crippen molar-refractivity contribution in [2.75, 3.05) is 26.3 Å². The number of amidine groups is 2. The van der Waals surface area contributed by atoms with Crippen LogP contribution in [0.5, 0.6) is 5.75 Å². The van der Waals surface area contributed by atoms with E-state index in [0.717, 1.165) is 43.5 Å². The lowest BCUT2D eigenvalue weighted by Crippen LogP contribution is -2.40. The topological polar surface area (TPSA) is 142 Å². The van der Waals surface area contributed by atoms with Crippen LogP contribution in [0.2, 0.25) is 0 Å². The highest BCUT2D eigenvalue weighted by molar-refractivity contribution is 6.05. The van der Waals surface area contributed by atoms with Crippen LogP contribution in [0.25, 0.3) is 11.1 Å². The predicted molar refractivity (Wildman–Crippen MR) is 157 cm³/mol. The van der Waals surface area contributed by atoms with Gasteiger partial charge in [-0.3, -0.25) is 25.7 Å². The number of carbonyl (C=O) groups excluding carboxylic acids is 3. The third-order valence-corrected chi connectivity index (χ3v) is 6.90. The van der Waals surface area contributed by atoms with Crippen LogP contribution in [-0.2, 0) is 14.3 Å². The minimum Gasteiger partial charge on any atom is -0.494 e. The van der Waals surface area contributed by atoms with E-state index in [9.17, 15) is 14.4 Å². The van der Waals surface area contributed by atoms with Gasteiger partial charge in [-0.1, -0.05) is 18.2 Å². The number of rotatable bonds is 10. The van der Waals surface area contributed by atoms with Crippen molar-refractivity contribution < 1.29 is 28.6 Å². The van der Waals surface area contributed by atoms with Gasteiger partial charge in [0.1, 0.15) is 23.8 Å². The molecule has 0 saturated carbocycles. The van der Waals surface area contributed by atoms with Gasteiger partial charge in [0.05, 0.1) is 12.4 Å². The minimum atomic E-state index is -1.07. The maximum atomic E-state index is 12.4. The van der Waals surface area contributed by atoms with E-state index in [2.05, 4.69) is 10.2 Å². The van der Waals surface area contributed by atoms with Gasteiger partial charge in [0, 0.05) is 31.1 Å². The number of amides is 1. The maximum absolute atomic E-state index is 12.4. The molecule has 1 amide bonds. The summed E-state index contributed by atoms with van der Waals surface area (Å²) in [5, 5.41) is 18.6. The molecule has 1 fully saturated rings. The number of nitrogens with one attached hydrogen (secondary N) is 3. The van der Waals surface area contributed by atoms with Gasteiger partial charge >= 0.3 is 12.1 Å². The predicted octanol–water partition coefficient (Wildman–Crippen LogP) is 5.43. The number of benzene rings is 2. The van der Waals surface area contributed by atoms with Gasteiger partial charge in [0.25, 0.3) is 0 Å². The van der Waals surface area contributed by atoms with E-state index in [4.69, 9.17) is 25.0 Å². The van der Waals surface area contributed by atoms with Gasteiger partial charge in [-0.15, -0.1) is 0 Å². The summed E-state index contributed by atoms with van der Waals surface area (Å²) in [4.78, 5) is 37.8. The fourth-order valence-electron chi connectivity index (χ4n) is 4.56. The van der Waals surface area contributed by atoms with Crippen LogP contribution in [0.4, 0.5) is 4.79 Å². The van der Waals surface area contributed by atoms with Crippen molar-refractivity contribution in [2.45, 2.75) is 59.5 Å². The van der Waals surface area contributed by atoms with Crippen LogP contribution >= 0.6 is 0 Å². The molecule has 2 aromatic carbocycles. The molecule has 0 aromatic heterocycles. The molecule has 3 rings (SSSR count). The number of alkyl carbamates (subject to hydrolysis) is 1. The average molecular weight is 565 g/mol. The summed E-state index contributed by atoms with van der Waals surface area (Å²) < 4.78 is 16.3. The number of nitrogens with zero attached hydrogens (tertiary/aromatic N) is 1. The Balaban J connectivity index is 1.67. The second kappa shape index (κ2) is 13.9. The molecule has 0 aliphatic carbocycles. The first-order chi connectivity index (χ1) is 19.3. The zero-order valence-corrected chi connectivity index (χ0v) is 24.5. The van der Waals surface area contributed by atoms with Gasteiger partial charge in [0.15, 0.2) is 5.78 Å². The van der Waals surface area contributed by atoms with E-state index in [-0.39, 0.29) is 18.2 Å². The Morgan fingerprint density at radius 2 is 1.66 bits per heavy atom. The molecule has 220 valence electrons. The fourth-order valence-corrected chi connectivity index (χ4v) is 4.56. The van der Waals surface area contributed by atoms with Crippen molar-refractivity contribution in [3.63, 3.8) is 0 Å². The molecule has 1 aliphatic rings. The van der Waals surface area contributed by atoms with Crippen LogP contribution in [0.3, 0.4) is 0 Å². The number of piperidine rings is 1. The van der Waals surface area contributed by atoms with Crippen LogP contribution in [0, 0.1) is 16.7 Å². The number of hydrogen-bond acceptors (Lipinski definition) is 8. The number of likely N-dealkylation sites (tertiary alicyclic amines) is 1. The third-order valence-electron chi connectivity index (χ3n) is 6.90. The molecule has 1 saturated heterocycles. The summed E-state index contributed by atoms with van der Waals surface area (Å²) in [6.07, 6.45) is 2.12. The van der Waals surface area contributed by atoms with Crippen molar-refractivity contribution in [3.8, 4) is 16.9 Å². The van der Waals surface area contributed by atoms with E-state index in [1.165, 1.54) is 13.8 Å². The van der Waals surface area contributed by atoms with Gasteiger partial charge in [-0.05, 0) is 88.3 Å². The lowest BCUT2D eigenvalue weighted by Gasteiger charge is -2.32. The molecule has 0 unspecified atom stereocenters. The number of esters is 1. The molecule has 2 aromatic rings. The van der Waals surface area contributed by atoms with Crippen LogP contribution < -0.4 is 10.1 Å². The number of Topliss-reactive ketones (excluding diaryl/α,β-unsaturated/α-hetero) is 1. The van der Waals surface area contributed by atoms with E-state index < -0.39 is 17.7 Å². The second-order valence-corrected chi connectivity index (χ2v) is 11.0. The molecule has 0 atom stereocenters. The van der Waals surface area contributed by atoms with Crippen molar-refractivity contribution in [2.24, 2.45) is 5.92 Å². The molecule has 1 heterocycles. The molecule has 1 aliphatic heterocycles. The quantitative estimate of drug-likeness (QED) is 0.151. The normalized spacial score (nSPS) is 13.7. The van der Waals surface area contributed by atoms with Crippen LogP contribution in [0.15, 0.2) is 42.5 Å². The lowest BCUT2D eigenvalue weighted by molar-refractivity contribution is -0.147. The summed E-state index contributed by atoms with van der Waals surface area (Å²) in [6, 6.07) is 12.5. The monoisotopic (exact) mass is 564 g/mol. The summed E-state index contributed by atoms with van der Waals surface area (Å²) in [6.45, 7) is 10.0. The van der Waals surface area contributed by atoms with Gasteiger partial charge in [-0.25, -0.2) is 4.79 Å². The number of hydrogen-bond donors (Lipinski definition) is 3. The minimum absolute atomic E-state index is 0.0873. The molecular weight excluding hydrogens is 524 g/mol. The largest absolute Gasteiger partial charge is 0.494 e. The van der Waals surface area contributed by atoms with Crippen LogP contribution in [-0.4, -0.2) is 66.3 Å². The summed E-state index contributed by atoms with van der Waals surface area (Å²) >= 11 is 0. The Hall–Kier alpha value is -4.21. The molecular formula is C31H40N4O6. The van der Waals surface area contributed by atoms with E-state index in [1.54, 1.807) is 44.2 Å². The molecule has 0 radical (unpaired) electrons. The van der Waals surface area contributed by atoms with Gasteiger partial charge in [-0.2, -0.15) is 0 Å². The molecule has 10 heteroatoms. The highest BCUT2D eigenvalue weighted by Gasteiger charge is 2.25. The third kappa shape index (κ3) is 9.73. The van der Waals surface area contributed by atoms with Crippen molar-refractivity contribution in [1.29, 1.82) is 10.8 Å². The fraction of sp³-hybridized carbons (Fsp3) is 0.452. The van der Waals surface area contributed by atoms with Gasteiger partial charge in [0.2, 0.25) is 0 Å². The number of ketones is 1. The van der Waals surface area contributed by atoms with Crippen molar-refractivity contribution in [3.05, 3.63) is 53.6 Å². The molecule has 0 spiro atoms. The Morgan fingerprint density at radius 1 is 0.976 bits per heavy atom. The Bertz CT molecular complexity index is 1300. The second-order valence-electron chi connectivity index (χ2n) is 11.0. The zero-order valence-electron chi connectivity index (χ0n) is 24.5. The van der Waals surface area contributed by atoms with E-state index in [0.29, 0.717) is 35.2 Å². The van der Waals surface area contributed by atoms with E-state index >= 15 is 0 Å². The van der Waals surface area contributed by atoms with Gasteiger partial charge < -0.3 is 19.1 Å². The first-order valence-corrected chi connectivity index (χ1v) is 13.7. The standard InChI is InChI=1S/C31H40N4O6/c1-20(36)26-16-27(18-28(17-26)39-14-11-23-9-12-35(13-10-23)21(2)32)24-7-6-8-25(15-24)29(33)34-30(38)41-31(4,5)19-40-22(3)37/h6-8,15-18,23,32H,9-14,19H2,1-5H3,(H2,33,34,38). The highest BCUT2D eigenvalue weighted by atomic mass is 16.6. The van der Waals surface area contributed by atoms with Crippen LogP contribution in [0.1, 0.15) is 69.8 Å². The first-order valence-electron chi connectivity index (χ1n) is 13.7. The maximum Gasteiger partial charge on any atom is 0.413 e. The lowest BCUT2D eigenvalue weighted by atomic mass is 9.94. The molecule has 3 N–H and O–H groups in total. The first kappa shape index (κ1) is 31.3. The molecule has 10 nitrogen and oxygen atoms in total. The zero-order chi connectivity index (χ0) is 30.2. The average Bonchev–Trinajstić information content (AvgIpc) is 2.92. The molecule has 41 heavy (non-hydrogen) atoms. The number of ether oxygens (including phenoxy) is 3. The smallest absolute Gasteiger partial charge is 0.413 e. The van der Waals surface area contributed by atoms with Crippen molar-refractivity contribution in [1.82, 2.24) is 10.2 Å². The Kier molecular flexibility index (Phi) is 10.6. The highest BCUT2D eigenvalue weighted by Crippen LogP contribution is 2.28. The summed E-state index contributed by atoms with van der Waals surface area (Å²) in [7, 11) is 0. The summed E-state index contributed by atoms with van der Waals surface area (Å²) in [5.74, 6) is 1.01. The SMILES string of the molecule is CC(=N)N1CCC(CCOc2cc(C(C)=O)cc(-c3cccc(C(=N)NC(=O)OC(C)(C)COC(C)=O)c3)c2)CC1. The Morgan fingerprint density at radius 3 is 2.29 bits per heavy atom.